The van der Waals surface area contributed by atoms with Gasteiger partial charge in [0.1, 0.15) is 17.9 Å². The third-order valence-corrected chi connectivity index (χ3v) is 5.13. The van der Waals surface area contributed by atoms with E-state index in [9.17, 15) is 4.79 Å². The average molecular weight is 261 g/mol. The third kappa shape index (κ3) is 2.72. The topological polar surface area (TPSA) is 47.8 Å². The molecule has 3 rings (SSSR count). The van der Waals surface area contributed by atoms with Crippen LogP contribution < -0.4 is 0 Å². The van der Waals surface area contributed by atoms with Crippen LogP contribution in [0, 0.1) is 17.8 Å². The fourth-order valence-corrected chi connectivity index (χ4v) is 3.95. The van der Waals surface area contributed by atoms with Crippen LogP contribution in [0.5, 0.6) is 0 Å². The molecule has 2 fully saturated rings. The summed E-state index contributed by atoms with van der Waals surface area (Å²) in [6.45, 7) is 0. The van der Waals surface area contributed by atoms with Gasteiger partial charge in [-0.1, -0.05) is 25.7 Å². The summed E-state index contributed by atoms with van der Waals surface area (Å²) < 4.78 is 1.71. The van der Waals surface area contributed by atoms with Crippen LogP contribution in [0.25, 0.3) is 0 Å². The predicted octanol–water partition coefficient (Wildman–Crippen LogP) is 2.53. The monoisotopic (exact) mass is 261 g/mol. The fourth-order valence-electron chi connectivity index (χ4n) is 3.95. The number of hydrogen-bond acceptors (Lipinski definition) is 3. The molecule has 0 radical (unpaired) electrons. The summed E-state index contributed by atoms with van der Waals surface area (Å²) in [5.74, 6) is 3.18. The molecule has 0 saturated heterocycles. The summed E-state index contributed by atoms with van der Waals surface area (Å²) in [4.78, 5) is 16.6. The van der Waals surface area contributed by atoms with E-state index < -0.39 is 0 Å². The number of nitrogens with zero attached hydrogens (tertiary/aromatic N) is 3. The molecular weight excluding hydrogens is 238 g/mol. The van der Waals surface area contributed by atoms with Gasteiger partial charge in [0.15, 0.2) is 0 Å². The van der Waals surface area contributed by atoms with Gasteiger partial charge in [0.05, 0.1) is 6.42 Å². The molecule has 1 aromatic rings. The number of carbonyl (C=O) groups is 1. The quantitative estimate of drug-likeness (QED) is 0.840. The number of fused-ring (bicyclic) bond motifs is 1. The Morgan fingerprint density at radius 2 is 2.05 bits per heavy atom. The summed E-state index contributed by atoms with van der Waals surface area (Å²) in [5.41, 5.74) is 0. The average Bonchev–Trinajstić information content (AvgIpc) is 2.84. The molecule has 4 nitrogen and oxygen atoms in total. The van der Waals surface area contributed by atoms with Crippen molar-refractivity contribution in [2.45, 2.75) is 51.4 Å². The highest BCUT2D eigenvalue weighted by atomic mass is 16.1. The van der Waals surface area contributed by atoms with Crippen molar-refractivity contribution in [1.82, 2.24) is 14.8 Å². The highest BCUT2D eigenvalue weighted by molar-refractivity contribution is 5.82. The number of Topliss-reactive ketones (excluding diaryl/α,β-unsaturated/α-hetero) is 1. The van der Waals surface area contributed by atoms with Gasteiger partial charge in [-0.15, -0.1) is 0 Å². The molecule has 0 spiro atoms. The van der Waals surface area contributed by atoms with E-state index in [0.717, 1.165) is 30.5 Å². The molecule has 2 aliphatic carbocycles. The second-order valence-corrected chi connectivity index (χ2v) is 6.26. The molecule has 0 N–H and O–H groups in total. The summed E-state index contributed by atoms with van der Waals surface area (Å²) in [5, 5.41) is 4.03. The van der Waals surface area contributed by atoms with Crippen LogP contribution in [0.3, 0.4) is 0 Å². The fraction of sp³-hybridized carbons (Fsp3) is 0.800. The van der Waals surface area contributed by atoms with Crippen molar-refractivity contribution >= 4 is 5.78 Å². The van der Waals surface area contributed by atoms with Crippen LogP contribution in [0.2, 0.25) is 0 Å². The number of aryl methyl sites for hydroxylation is 1. The Bertz CT molecular complexity index is 454. The molecule has 3 atom stereocenters. The molecule has 0 aliphatic heterocycles. The highest BCUT2D eigenvalue weighted by Gasteiger charge is 2.34. The molecule has 0 aromatic carbocycles. The lowest BCUT2D eigenvalue weighted by atomic mass is 9.66. The van der Waals surface area contributed by atoms with E-state index in [2.05, 4.69) is 10.1 Å². The van der Waals surface area contributed by atoms with Crippen LogP contribution in [0.15, 0.2) is 6.33 Å². The van der Waals surface area contributed by atoms with Crippen molar-refractivity contribution in [1.29, 1.82) is 0 Å². The van der Waals surface area contributed by atoms with Crippen LogP contribution >= 0.6 is 0 Å². The summed E-state index contributed by atoms with van der Waals surface area (Å²) in [6.07, 6.45) is 11.0. The van der Waals surface area contributed by atoms with Gasteiger partial charge in [0, 0.05) is 13.0 Å². The van der Waals surface area contributed by atoms with E-state index in [1.165, 1.54) is 38.4 Å². The van der Waals surface area contributed by atoms with Crippen molar-refractivity contribution < 1.29 is 4.79 Å². The van der Waals surface area contributed by atoms with Crippen LogP contribution in [-0.4, -0.2) is 20.5 Å². The van der Waals surface area contributed by atoms with Gasteiger partial charge in [-0.2, -0.15) is 5.10 Å². The van der Waals surface area contributed by atoms with Crippen LogP contribution in [0.1, 0.15) is 50.8 Å². The lowest BCUT2D eigenvalue weighted by Gasteiger charge is -2.38. The number of aromatic nitrogens is 3. The molecule has 2 saturated carbocycles. The van der Waals surface area contributed by atoms with Gasteiger partial charge in [-0.05, 0) is 31.1 Å². The van der Waals surface area contributed by atoms with Crippen molar-refractivity contribution in [3.8, 4) is 0 Å². The molecule has 19 heavy (non-hydrogen) atoms. The van der Waals surface area contributed by atoms with Gasteiger partial charge < -0.3 is 0 Å². The number of carbonyl (C=O) groups excluding carboxylic acids is 1. The first-order valence-corrected chi connectivity index (χ1v) is 7.59. The Kier molecular flexibility index (Phi) is 3.67. The predicted molar refractivity (Wildman–Crippen MR) is 72.5 cm³/mol. The molecule has 0 amide bonds. The third-order valence-electron chi connectivity index (χ3n) is 5.13. The van der Waals surface area contributed by atoms with E-state index in [1.54, 1.807) is 4.68 Å². The number of hydrogen-bond donors (Lipinski definition) is 0. The number of ketones is 1. The second kappa shape index (κ2) is 5.43. The Labute approximate surface area is 114 Å². The maximum Gasteiger partial charge on any atom is 0.143 e. The second-order valence-electron chi connectivity index (χ2n) is 6.26. The van der Waals surface area contributed by atoms with Gasteiger partial charge in [0.25, 0.3) is 0 Å². The van der Waals surface area contributed by atoms with E-state index in [1.807, 2.05) is 7.05 Å². The molecule has 3 unspecified atom stereocenters. The molecule has 104 valence electrons. The maximum absolute atomic E-state index is 12.4. The largest absolute Gasteiger partial charge is 0.299 e. The lowest BCUT2D eigenvalue weighted by Crippen LogP contribution is -2.32. The van der Waals surface area contributed by atoms with E-state index in [4.69, 9.17) is 0 Å². The van der Waals surface area contributed by atoms with Gasteiger partial charge >= 0.3 is 0 Å². The van der Waals surface area contributed by atoms with Gasteiger partial charge in [0.2, 0.25) is 0 Å². The Hall–Kier alpha value is -1.19. The summed E-state index contributed by atoms with van der Waals surface area (Å²) >= 11 is 0. The SMILES string of the molecule is Cn1ncnc1CC(=O)C1CCC2CCCCC2C1. The molecule has 1 heterocycles. The zero-order chi connectivity index (χ0) is 13.2. The number of rotatable bonds is 3. The Balaban J connectivity index is 1.60. The van der Waals surface area contributed by atoms with Gasteiger partial charge in [-0.25, -0.2) is 4.98 Å². The minimum Gasteiger partial charge on any atom is -0.299 e. The molecule has 2 aliphatic rings. The summed E-state index contributed by atoms with van der Waals surface area (Å²) in [7, 11) is 1.85. The van der Waals surface area contributed by atoms with Crippen molar-refractivity contribution in [3.05, 3.63) is 12.2 Å². The minimum absolute atomic E-state index is 0.274. The molecular formula is C15H23N3O. The summed E-state index contributed by atoms with van der Waals surface area (Å²) in [6, 6.07) is 0. The van der Waals surface area contributed by atoms with Crippen molar-refractivity contribution in [3.63, 3.8) is 0 Å². The van der Waals surface area contributed by atoms with E-state index in [-0.39, 0.29) is 5.92 Å². The van der Waals surface area contributed by atoms with E-state index >= 15 is 0 Å². The minimum atomic E-state index is 0.274. The first-order chi connectivity index (χ1) is 9.24. The molecule has 1 aromatic heterocycles. The van der Waals surface area contributed by atoms with Crippen LogP contribution in [-0.2, 0) is 18.3 Å². The standard InChI is InChI=1S/C15H23N3O/c1-18-15(16-10-17-18)9-14(19)13-7-6-11-4-2-3-5-12(11)8-13/h10-13H,2-9H2,1H3. The van der Waals surface area contributed by atoms with Crippen LogP contribution in [0.4, 0.5) is 0 Å². The lowest BCUT2D eigenvalue weighted by molar-refractivity contribution is -0.124. The Morgan fingerprint density at radius 3 is 2.79 bits per heavy atom. The maximum atomic E-state index is 12.4. The van der Waals surface area contributed by atoms with Gasteiger partial charge in [-0.3, -0.25) is 9.48 Å². The first-order valence-electron chi connectivity index (χ1n) is 7.59. The normalized spacial score (nSPS) is 30.9. The zero-order valence-corrected chi connectivity index (χ0v) is 11.7. The molecule has 0 bridgehead atoms. The van der Waals surface area contributed by atoms with Crippen molar-refractivity contribution in [2.24, 2.45) is 24.8 Å². The van der Waals surface area contributed by atoms with E-state index in [0.29, 0.717) is 12.2 Å². The Morgan fingerprint density at radius 1 is 1.26 bits per heavy atom. The smallest absolute Gasteiger partial charge is 0.143 e. The highest BCUT2D eigenvalue weighted by Crippen LogP contribution is 2.43. The van der Waals surface area contributed by atoms with Crippen molar-refractivity contribution in [2.75, 3.05) is 0 Å². The first kappa shape index (κ1) is 12.8. The zero-order valence-electron chi connectivity index (χ0n) is 11.7. The molecule has 4 heteroatoms.